The van der Waals surface area contributed by atoms with Crippen molar-refractivity contribution in [2.24, 2.45) is 0 Å². The number of nitro groups is 1. The summed E-state index contributed by atoms with van der Waals surface area (Å²) in [5.74, 6) is -0.354. The van der Waals surface area contributed by atoms with Crippen LogP contribution in [0, 0.1) is 10.1 Å². The molecule has 0 radical (unpaired) electrons. The number of methoxy groups -OCH3 is 1. The number of hydrogen-bond donors (Lipinski definition) is 1. The van der Waals surface area contributed by atoms with Crippen molar-refractivity contribution in [1.82, 2.24) is 9.55 Å². The maximum absolute atomic E-state index is 12.6. The van der Waals surface area contributed by atoms with E-state index in [1.807, 2.05) is 10.6 Å². The first kappa shape index (κ1) is 21.1. The summed E-state index contributed by atoms with van der Waals surface area (Å²) < 4.78 is 7.15. The molecule has 0 saturated heterocycles. The Morgan fingerprint density at radius 2 is 2.14 bits per heavy atom. The van der Waals surface area contributed by atoms with Crippen LogP contribution in [0.2, 0.25) is 5.02 Å². The molecule has 1 heterocycles. The number of carbonyl (C=O) groups excluding carboxylic acids is 1. The lowest BCUT2D eigenvalue weighted by atomic mass is 10.2. The van der Waals surface area contributed by atoms with Gasteiger partial charge < -0.3 is 14.6 Å². The Labute approximate surface area is 176 Å². The van der Waals surface area contributed by atoms with Gasteiger partial charge in [-0.05, 0) is 31.2 Å². The number of imidazole rings is 1. The number of rotatable bonds is 8. The minimum atomic E-state index is -0.539. The first-order chi connectivity index (χ1) is 13.9. The zero-order valence-electron chi connectivity index (χ0n) is 15.8. The second-order valence-corrected chi connectivity index (χ2v) is 7.94. The number of halogens is 1. The third-order valence-electron chi connectivity index (χ3n) is 4.20. The molecular formula is C19H19ClN4O4S. The average Bonchev–Trinajstić information content (AvgIpc) is 3.02. The highest BCUT2D eigenvalue weighted by atomic mass is 35.5. The number of thioether (sulfide) groups is 1. The predicted octanol–water partition coefficient (Wildman–Crippen LogP) is 4.36. The Kier molecular flexibility index (Phi) is 6.73. The molecule has 10 heteroatoms. The van der Waals surface area contributed by atoms with E-state index in [1.165, 1.54) is 23.9 Å². The molecule has 8 nitrogen and oxygen atoms in total. The minimum Gasteiger partial charge on any atom is -0.383 e. The van der Waals surface area contributed by atoms with Gasteiger partial charge >= 0.3 is 0 Å². The Hall–Kier alpha value is -2.62. The van der Waals surface area contributed by atoms with Crippen LogP contribution in [-0.4, -0.2) is 39.3 Å². The van der Waals surface area contributed by atoms with Gasteiger partial charge in [0.05, 0.1) is 27.8 Å². The highest BCUT2D eigenvalue weighted by Crippen LogP contribution is 2.30. The molecule has 0 saturated carbocycles. The van der Waals surface area contributed by atoms with E-state index < -0.39 is 10.2 Å². The number of aromatic nitrogens is 2. The fraction of sp³-hybridized carbons (Fsp3) is 0.263. The topological polar surface area (TPSA) is 99.3 Å². The molecule has 1 unspecified atom stereocenters. The van der Waals surface area contributed by atoms with Gasteiger partial charge in [0.15, 0.2) is 5.16 Å². The van der Waals surface area contributed by atoms with E-state index in [2.05, 4.69) is 10.3 Å². The van der Waals surface area contributed by atoms with Crippen LogP contribution < -0.4 is 5.32 Å². The maximum Gasteiger partial charge on any atom is 0.292 e. The molecule has 2 aromatic carbocycles. The van der Waals surface area contributed by atoms with E-state index in [9.17, 15) is 14.9 Å². The number of anilines is 1. The van der Waals surface area contributed by atoms with Gasteiger partial charge in [-0.3, -0.25) is 14.9 Å². The minimum absolute atomic E-state index is 0.153. The van der Waals surface area contributed by atoms with Crippen LogP contribution in [0.3, 0.4) is 0 Å². The van der Waals surface area contributed by atoms with Crippen LogP contribution >= 0.6 is 23.4 Å². The van der Waals surface area contributed by atoms with E-state index in [4.69, 9.17) is 16.3 Å². The van der Waals surface area contributed by atoms with Gasteiger partial charge in [0.2, 0.25) is 5.91 Å². The molecule has 3 aromatic rings. The van der Waals surface area contributed by atoms with E-state index in [0.29, 0.717) is 23.3 Å². The number of hydrogen-bond acceptors (Lipinski definition) is 6. The molecular weight excluding hydrogens is 416 g/mol. The van der Waals surface area contributed by atoms with Crippen molar-refractivity contribution in [3.8, 4) is 0 Å². The maximum atomic E-state index is 12.6. The van der Waals surface area contributed by atoms with E-state index >= 15 is 0 Å². The molecule has 1 atom stereocenters. The largest absolute Gasteiger partial charge is 0.383 e. The first-order valence-electron chi connectivity index (χ1n) is 8.76. The third-order valence-corrected chi connectivity index (χ3v) is 5.53. The fourth-order valence-electron chi connectivity index (χ4n) is 2.75. The summed E-state index contributed by atoms with van der Waals surface area (Å²) in [7, 11) is 1.62. The fourth-order valence-corrected chi connectivity index (χ4v) is 3.87. The predicted molar refractivity (Wildman–Crippen MR) is 114 cm³/mol. The highest BCUT2D eigenvalue weighted by Gasteiger charge is 2.22. The number of nitrogens with zero attached hydrogens (tertiary/aromatic N) is 3. The normalized spacial score (nSPS) is 12.1. The Bertz CT molecular complexity index is 1060. The van der Waals surface area contributed by atoms with Crippen molar-refractivity contribution in [1.29, 1.82) is 0 Å². The van der Waals surface area contributed by atoms with Crippen LogP contribution in [0.15, 0.2) is 47.6 Å². The molecule has 3 rings (SSSR count). The first-order valence-corrected chi connectivity index (χ1v) is 10.0. The lowest BCUT2D eigenvalue weighted by molar-refractivity contribution is -0.383. The summed E-state index contributed by atoms with van der Waals surface area (Å²) in [5.41, 5.74) is 1.62. The van der Waals surface area contributed by atoms with Crippen molar-refractivity contribution < 1.29 is 14.5 Å². The van der Waals surface area contributed by atoms with Gasteiger partial charge in [-0.15, -0.1) is 0 Å². The zero-order valence-corrected chi connectivity index (χ0v) is 17.4. The molecule has 1 aromatic heterocycles. The number of para-hydroxylation sites is 2. The zero-order chi connectivity index (χ0) is 21.0. The van der Waals surface area contributed by atoms with Gasteiger partial charge in [-0.25, -0.2) is 4.98 Å². The monoisotopic (exact) mass is 434 g/mol. The number of nitro benzene ring substituents is 1. The highest BCUT2D eigenvalue weighted by molar-refractivity contribution is 8.00. The van der Waals surface area contributed by atoms with Crippen molar-refractivity contribution in [2.75, 3.05) is 19.0 Å². The van der Waals surface area contributed by atoms with Crippen molar-refractivity contribution in [2.45, 2.75) is 23.9 Å². The second-order valence-electron chi connectivity index (χ2n) is 6.20. The number of ether oxygens (including phenoxy) is 1. The van der Waals surface area contributed by atoms with Crippen LogP contribution in [0.5, 0.6) is 0 Å². The molecule has 0 aliphatic heterocycles. The van der Waals surface area contributed by atoms with E-state index in [0.717, 1.165) is 11.0 Å². The lowest BCUT2D eigenvalue weighted by Crippen LogP contribution is -2.23. The van der Waals surface area contributed by atoms with E-state index in [1.54, 1.807) is 38.3 Å². The number of carbonyl (C=O) groups is 1. The number of benzene rings is 2. The summed E-state index contributed by atoms with van der Waals surface area (Å²) in [6, 6.07) is 11.5. The third kappa shape index (κ3) is 4.87. The van der Waals surface area contributed by atoms with Crippen LogP contribution in [0.4, 0.5) is 11.4 Å². The summed E-state index contributed by atoms with van der Waals surface area (Å²) in [4.78, 5) is 27.9. The van der Waals surface area contributed by atoms with Crippen molar-refractivity contribution in [3.63, 3.8) is 0 Å². The van der Waals surface area contributed by atoms with Crippen LogP contribution in [-0.2, 0) is 16.1 Å². The molecule has 0 aliphatic rings. The quantitative estimate of drug-likeness (QED) is 0.321. The standard InChI is InChI=1S/C19H19ClN4O4S/c1-12(18(25)21-14-5-3-4-6-17(14)24(26)27)29-19-22-15-11-13(20)7-8-16(15)23(19)9-10-28-2/h3-8,11-12H,9-10H2,1-2H3,(H,21,25). The summed E-state index contributed by atoms with van der Waals surface area (Å²) in [6.07, 6.45) is 0. The molecule has 0 spiro atoms. The number of fused-ring (bicyclic) bond motifs is 1. The van der Waals surface area contributed by atoms with Crippen molar-refractivity contribution >= 4 is 51.7 Å². The van der Waals surface area contributed by atoms with Crippen molar-refractivity contribution in [3.05, 3.63) is 57.6 Å². The molecule has 0 fully saturated rings. The second kappa shape index (κ2) is 9.25. The molecule has 29 heavy (non-hydrogen) atoms. The smallest absolute Gasteiger partial charge is 0.292 e. The van der Waals surface area contributed by atoms with Gasteiger partial charge in [0.1, 0.15) is 5.69 Å². The Balaban J connectivity index is 1.82. The lowest BCUT2D eigenvalue weighted by Gasteiger charge is -2.13. The Morgan fingerprint density at radius 3 is 2.86 bits per heavy atom. The summed E-state index contributed by atoms with van der Waals surface area (Å²) >= 11 is 7.34. The van der Waals surface area contributed by atoms with Gasteiger partial charge in [-0.2, -0.15) is 0 Å². The molecule has 0 aliphatic carbocycles. The summed E-state index contributed by atoms with van der Waals surface area (Å²) in [6.45, 7) is 2.77. The van der Waals surface area contributed by atoms with Gasteiger partial charge in [-0.1, -0.05) is 35.5 Å². The molecule has 0 bridgehead atoms. The SMILES string of the molecule is COCCn1c(SC(C)C(=O)Nc2ccccc2[N+](=O)[O-])nc2cc(Cl)ccc21. The molecule has 152 valence electrons. The number of nitrogens with one attached hydrogen (secondary N) is 1. The van der Waals surface area contributed by atoms with E-state index in [-0.39, 0.29) is 17.3 Å². The number of amides is 1. The Morgan fingerprint density at radius 1 is 1.38 bits per heavy atom. The van der Waals surface area contributed by atoms with Gasteiger partial charge in [0, 0.05) is 24.7 Å². The van der Waals surface area contributed by atoms with Crippen LogP contribution in [0.1, 0.15) is 6.92 Å². The average molecular weight is 435 g/mol. The van der Waals surface area contributed by atoms with Crippen LogP contribution in [0.25, 0.3) is 11.0 Å². The molecule has 1 N–H and O–H groups in total. The summed E-state index contributed by atoms with van der Waals surface area (Å²) in [5, 5.41) is 14.5. The van der Waals surface area contributed by atoms with Gasteiger partial charge in [0.25, 0.3) is 5.69 Å². The molecule has 1 amide bonds.